The fraction of sp³-hybridized carbons (Fsp3) is 0.909. The second kappa shape index (κ2) is 4.97. The first kappa shape index (κ1) is 9.47. The van der Waals surface area contributed by atoms with Crippen LogP contribution in [0.25, 0.3) is 0 Å². The van der Waals surface area contributed by atoms with Crippen LogP contribution in [0.2, 0.25) is 0 Å². The smallest absolute Gasteiger partial charge is 0.00106 e. The first-order valence-corrected chi connectivity index (χ1v) is 5.70. The first-order chi connectivity index (χ1) is 6.45. The fourth-order valence-corrected chi connectivity index (χ4v) is 2.42. The molecule has 2 aliphatic heterocycles. The van der Waals surface area contributed by atoms with Gasteiger partial charge in [0.15, 0.2) is 0 Å². The lowest BCUT2D eigenvalue weighted by Crippen LogP contribution is -2.38. The quantitative estimate of drug-likeness (QED) is 0.690. The normalized spacial score (nSPS) is 27.7. The van der Waals surface area contributed by atoms with E-state index in [0.29, 0.717) is 0 Å². The summed E-state index contributed by atoms with van der Waals surface area (Å²) >= 11 is 0. The van der Waals surface area contributed by atoms with E-state index in [9.17, 15) is 0 Å². The molecule has 0 unspecified atom stereocenters. The summed E-state index contributed by atoms with van der Waals surface area (Å²) < 4.78 is 0. The molecule has 13 heavy (non-hydrogen) atoms. The second-order valence-electron chi connectivity index (χ2n) is 4.36. The first-order valence-electron chi connectivity index (χ1n) is 5.70. The maximum atomic E-state index is 3.43. The number of rotatable bonds is 2. The molecule has 0 aliphatic carbocycles. The summed E-state index contributed by atoms with van der Waals surface area (Å²) in [6.07, 6.45) is 7.83. The standard InChI is InChI=1S/C11H21N2/c1-2-8-13(9-3-1)10-11-4-6-12-7-5-11/h1,11-12H,2-10H2. The molecule has 0 amide bonds. The molecule has 0 aromatic rings. The van der Waals surface area contributed by atoms with Crippen LogP contribution in [0.15, 0.2) is 0 Å². The van der Waals surface area contributed by atoms with Crippen molar-refractivity contribution in [3.05, 3.63) is 6.42 Å². The molecule has 0 atom stereocenters. The minimum absolute atomic E-state index is 0.972. The fourth-order valence-electron chi connectivity index (χ4n) is 2.42. The SMILES string of the molecule is [CH]1CCN(CC2CCNCC2)CC1. The lowest BCUT2D eigenvalue weighted by atomic mass is 9.96. The van der Waals surface area contributed by atoms with Gasteiger partial charge in [-0.25, -0.2) is 0 Å². The topological polar surface area (TPSA) is 15.3 Å². The summed E-state index contributed by atoms with van der Waals surface area (Å²) in [6, 6.07) is 0. The highest BCUT2D eigenvalue weighted by Crippen LogP contribution is 2.16. The molecule has 0 aromatic heterocycles. The molecule has 1 radical (unpaired) electrons. The molecule has 75 valence electrons. The zero-order chi connectivity index (χ0) is 8.93. The van der Waals surface area contributed by atoms with Gasteiger partial charge < -0.3 is 10.2 Å². The van der Waals surface area contributed by atoms with E-state index in [4.69, 9.17) is 0 Å². The van der Waals surface area contributed by atoms with Gasteiger partial charge in [0.25, 0.3) is 0 Å². The van der Waals surface area contributed by atoms with Crippen LogP contribution in [-0.2, 0) is 0 Å². The lowest BCUT2D eigenvalue weighted by molar-refractivity contribution is 0.193. The van der Waals surface area contributed by atoms with Crippen LogP contribution < -0.4 is 5.32 Å². The Morgan fingerprint density at radius 1 is 1.15 bits per heavy atom. The Hall–Kier alpha value is -0.0800. The number of likely N-dealkylation sites (tertiary alicyclic amines) is 1. The molecular formula is C11H21N2. The molecule has 2 heteroatoms. The van der Waals surface area contributed by atoms with E-state index < -0.39 is 0 Å². The summed E-state index contributed by atoms with van der Waals surface area (Å²) in [5, 5.41) is 3.43. The van der Waals surface area contributed by atoms with Gasteiger partial charge in [0, 0.05) is 6.54 Å². The Morgan fingerprint density at radius 2 is 1.85 bits per heavy atom. The second-order valence-corrected chi connectivity index (χ2v) is 4.36. The molecule has 2 aliphatic rings. The van der Waals surface area contributed by atoms with Crippen LogP contribution >= 0.6 is 0 Å². The van der Waals surface area contributed by atoms with Gasteiger partial charge in [0.05, 0.1) is 0 Å². The Kier molecular flexibility index (Phi) is 3.62. The van der Waals surface area contributed by atoms with Crippen LogP contribution in [0.3, 0.4) is 0 Å². The largest absolute Gasteiger partial charge is 0.317 e. The van der Waals surface area contributed by atoms with Crippen molar-refractivity contribution in [2.45, 2.75) is 25.7 Å². The van der Waals surface area contributed by atoms with Gasteiger partial charge in [-0.2, -0.15) is 0 Å². The molecular weight excluding hydrogens is 160 g/mol. The van der Waals surface area contributed by atoms with Crippen molar-refractivity contribution in [1.82, 2.24) is 10.2 Å². The summed E-state index contributed by atoms with van der Waals surface area (Å²) in [5.74, 6) is 0.972. The average molecular weight is 181 g/mol. The van der Waals surface area contributed by atoms with E-state index in [1.807, 2.05) is 0 Å². The molecule has 0 aromatic carbocycles. The molecule has 2 nitrogen and oxygen atoms in total. The predicted octanol–water partition coefficient (Wildman–Crippen LogP) is 1.29. The minimum atomic E-state index is 0.972. The predicted molar refractivity (Wildman–Crippen MR) is 55.6 cm³/mol. The van der Waals surface area contributed by atoms with Gasteiger partial charge in [0.2, 0.25) is 0 Å². The van der Waals surface area contributed by atoms with Crippen LogP contribution in [0, 0.1) is 12.3 Å². The van der Waals surface area contributed by atoms with Crippen LogP contribution in [0.1, 0.15) is 25.7 Å². The van der Waals surface area contributed by atoms with E-state index in [0.717, 1.165) is 5.92 Å². The number of piperidine rings is 2. The van der Waals surface area contributed by atoms with Crippen molar-refractivity contribution in [3.8, 4) is 0 Å². The van der Waals surface area contributed by atoms with E-state index >= 15 is 0 Å². The minimum Gasteiger partial charge on any atom is -0.317 e. The Bertz CT molecular complexity index is 119. The van der Waals surface area contributed by atoms with Crippen molar-refractivity contribution in [2.24, 2.45) is 5.92 Å². The van der Waals surface area contributed by atoms with Gasteiger partial charge in [-0.1, -0.05) is 0 Å². The van der Waals surface area contributed by atoms with Crippen LogP contribution in [-0.4, -0.2) is 37.6 Å². The van der Waals surface area contributed by atoms with E-state index in [-0.39, 0.29) is 0 Å². The Labute approximate surface area is 81.7 Å². The highest BCUT2D eigenvalue weighted by Gasteiger charge is 2.18. The van der Waals surface area contributed by atoms with Crippen molar-refractivity contribution in [3.63, 3.8) is 0 Å². The molecule has 2 rings (SSSR count). The molecule has 0 spiro atoms. The molecule has 2 heterocycles. The summed E-state index contributed by atoms with van der Waals surface area (Å²) in [4.78, 5) is 2.65. The number of nitrogens with zero attached hydrogens (tertiary/aromatic N) is 1. The van der Waals surface area contributed by atoms with Crippen molar-refractivity contribution < 1.29 is 0 Å². The third-order valence-electron chi connectivity index (χ3n) is 3.27. The Balaban J connectivity index is 1.69. The third-order valence-corrected chi connectivity index (χ3v) is 3.27. The maximum absolute atomic E-state index is 3.43. The number of hydrogen-bond acceptors (Lipinski definition) is 2. The lowest BCUT2D eigenvalue weighted by Gasteiger charge is -2.32. The molecule has 0 saturated carbocycles. The highest BCUT2D eigenvalue weighted by molar-refractivity contribution is 4.79. The van der Waals surface area contributed by atoms with E-state index in [1.54, 1.807) is 0 Å². The number of nitrogens with one attached hydrogen (secondary N) is 1. The zero-order valence-corrected chi connectivity index (χ0v) is 8.47. The summed E-state index contributed by atoms with van der Waals surface area (Å²) in [7, 11) is 0. The van der Waals surface area contributed by atoms with E-state index in [2.05, 4.69) is 16.6 Å². The van der Waals surface area contributed by atoms with Gasteiger partial charge >= 0.3 is 0 Å². The third kappa shape index (κ3) is 2.96. The van der Waals surface area contributed by atoms with Gasteiger partial charge in [-0.05, 0) is 64.2 Å². The molecule has 2 fully saturated rings. The zero-order valence-electron chi connectivity index (χ0n) is 8.47. The number of hydrogen-bond donors (Lipinski definition) is 1. The summed E-state index contributed by atoms with van der Waals surface area (Å²) in [6.45, 7) is 6.46. The monoisotopic (exact) mass is 181 g/mol. The van der Waals surface area contributed by atoms with E-state index in [1.165, 1.54) is 58.4 Å². The molecule has 0 bridgehead atoms. The van der Waals surface area contributed by atoms with Gasteiger partial charge in [-0.15, -0.1) is 0 Å². The van der Waals surface area contributed by atoms with Crippen LogP contribution in [0.5, 0.6) is 0 Å². The highest BCUT2D eigenvalue weighted by atomic mass is 15.1. The van der Waals surface area contributed by atoms with Gasteiger partial charge in [-0.3, -0.25) is 0 Å². The van der Waals surface area contributed by atoms with Gasteiger partial charge in [0.1, 0.15) is 0 Å². The average Bonchev–Trinajstić information content (AvgIpc) is 2.21. The molecule has 2 saturated heterocycles. The maximum Gasteiger partial charge on any atom is 0.00106 e. The van der Waals surface area contributed by atoms with Crippen LogP contribution in [0.4, 0.5) is 0 Å². The van der Waals surface area contributed by atoms with Crippen molar-refractivity contribution >= 4 is 0 Å². The van der Waals surface area contributed by atoms with Crippen molar-refractivity contribution in [1.29, 1.82) is 0 Å². The molecule has 1 N–H and O–H groups in total. The Morgan fingerprint density at radius 3 is 2.54 bits per heavy atom. The summed E-state index contributed by atoms with van der Waals surface area (Å²) in [5.41, 5.74) is 0. The van der Waals surface area contributed by atoms with Crippen molar-refractivity contribution in [2.75, 3.05) is 32.7 Å².